The molecule has 1 N–H and O–H groups in total. The number of hydrogen-bond donors (Lipinski definition) is 1. The van der Waals surface area contributed by atoms with E-state index in [1.54, 1.807) is 0 Å². The van der Waals surface area contributed by atoms with Gasteiger partial charge in [0.2, 0.25) is 0 Å². The first kappa shape index (κ1) is 13.1. The van der Waals surface area contributed by atoms with E-state index in [9.17, 15) is 0 Å². The first-order valence-corrected chi connectivity index (χ1v) is 7.05. The predicted molar refractivity (Wildman–Crippen MR) is 77.7 cm³/mol. The molecule has 0 saturated carbocycles. The first-order chi connectivity index (χ1) is 8.78. The molecule has 0 spiro atoms. The van der Waals surface area contributed by atoms with Gasteiger partial charge in [-0.1, -0.05) is 18.2 Å². The van der Waals surface area contributed by atoms with Crippen molar-refractivity contribution in [2.45, 2.75) is 24.1 Å². The molecule has 3 heteroatoms. The van der Waals surface area contributed by atoms with Gasteiger partial charge in [-0.2, -0.15) is 0 Å². The van der Waals surface area contributed by atoms with Crippen molar-refractivity contribution >= 4 is 11.8 Å². The predicted octanol–water partition coefficient (Wildman–Crippen LogP) is 3.40. The fourth-order valence-corrected chi connectivity index (χ4v) is 2.55. The molecule has 0 unspecified atom stereocenters. The van der Waals surface area contributed by atoms with Crippen LogP contribution in [0.2, 0.25) is 0 Å². The summed E-state index contributed by atoms with van der Waals surface area (Å²) in [5.41, 5.74) is 3.53. The lowest BCUT2D eigenvalue weighted by Crippen LogP contribution is -2.04. The monoisotopic (exact) mass is 258 g/mol. The second-order valence-electron chi connectivity index (χ2n) is 4.23. The standard InChI is InChI=1S/C15H18N2S/c1-12-4-3-5-14(17-12)11-18-15-8-6-13(7-9-15)10-16-2/h3-9,16H,10-11H2,1-2H3. The molecule has 0 aliphatic carbocycles. The average molecular weight is 258 g/mol. The van der Waals surface area contributed by atoms with Crippen LogP contribution in [0.3, 0.4) is 0 Å². The zero-order valence-corrected chi connectivity index (χ0v) is 11.6. The maximum atomic E-state index is 4.50. The van der Waals surface area contributed by atoms with Gasteiger partial charge in [0.05, 0.1) is 5.69 Å². The molecule has 1 heterocycles. The van der Waals surface area contributed by atoms with E-state index in [2.05, 4.69) is 46.7 Å². The summed E-state index contributed by atoms with van der Waals surface area (Å²) in [5, 5.41) is 3.15. The fourth-order valence-electron chi connectivity index (χ4n) is 1.74. The smallest absolute Gasteiger partial charge is 0.0509 e. The number of aromatic nitrogens is 1. The van der Waals surface area contributed by atoms with Gasteiger partial charge in [0.1, 0.15) is 0 Å². The highest BCUT2D eigenvalue weighted by Crippen LogP contribution is 2.22. The molecule has 0 aliphatic heterocycles. The van der Waals surface area contributed by atoms with Crippen LogP contribution in [-0.2, 0) is 12.3 Å². The normalized spacial score (nSPS) is 10.6. The second kappa shape index (κ2) is 6.57. The van der Waals surface area contributed by atoms with Crippen molar-refractivity contribution in [2.24, 2.45) is 0 Å². The summed E-state index contributed by atoms with van der Waals surface area (Å²) in [5.74, 6) is 0.924. The average Bonchev–Trinajstić information content (AvgIpc) is 2.38. The van der Waals surface area contributed by atoms with Crippen molar-refractivity contribution < 1.29 is 0 Å². The molecule has 0 atom stereocenters. The van der Waals surface area contributed by atoms with Crippen LogP contribution in [0.4, 0.5) is 0 Å². The van der Waals surface area contributed by atoms with Crippen molar-refractivity contribution in [3.05, 3.63) is 59.4 Å². The number of hydrogen-bond acceptors (Lipinski definition) is 3. The van der Waals surface area contributed by atoms with E-state index in [0.29, 0.717) is 0 Å². The molecule has 0 radical (unpaired) electrons. The zero-order chi connectivity index (χ0) is 12.8. The highest BCUT2D eigenvalue weighted by Gasteiger charge is 1.98. The Kier molecular flexibility index (Phi) is 4.79. The van der Waals surface area contributed by atoms with Gasteiger partial charge >= 0.3 is 0 Å². The molecule has 94 valence electrons. The van der Waals surface area contributed by atoms with E-state index in [1.165, 1.54) is 10.5 Å². The third kappa shape index (κ3) is 3.86. The Morgan fingerprint density at radius 2 is 1.89 bits per heavy atom. The highest BCUT2D eigenvalue weighted by atomic mass is 32.2. The van der Waals surface area contributed by atoms with Crippen molar-refractivity contribution in [1.29, 1.82) is 0 Å². The number of pyridine rings is 1. The summed E-state index contributed by atoms with van der Waals surface area (Å²) < 4.78 is 0. The number of nitrogens with zero attached hydrogens (tertiary/aromatic N) is 1. The van der Waals surface area contributed by atoms with E-state index in [-0.39, 0.29) is 0 Å². The van der Waals surface area contributed by atoms with Gasteiger partial charge in [-0.3, -0.25) is 4.98 Å². The van der Waals surface area contributed by atoms with Crippen LogP contribution < -0.4 is 5.32 Å². The van der Waals surface area contributed by atoms with Gasteiger partial charge in [0, 0.05) is 22.9 Å². The lowest BCUT2D eigenvalue weighted by Gasteiger charge is -2.04. The number of rotatable bonds is 5. The van der Waals surface area contributed by atoms with Crippen LogP contribution in [0.1, 0.15) is 17.0 Å². The van der Waals surface area contributed by atoms with Gasteiger partial charge in [0.15, 0.2) is 0 Å². The molecule has 0 bridgehead atoms. The topological polar surface area (TPSA) is 24.9 Å². The Bertz CT molecular complexity index is 494. The molecular formula is C15H18N2S. The summed E-state index contributed by atoms with van der Waals surface area (Å²) >= 11 is 1.83. The second-order valence-corrected chi connectivity index (χ2v) is 5.28. The molecule has 2 nitrogen and oxygen atoms in total. The lowest BCUT2D eigenvalue weighted by molar-refractivity contribution is 0.817. The molecule has 1 aromatic carbocycles. The Morgan fingerprint density at radius 1 is 1.11 bits per heavy atom. The molecule has 2 rings (SSSR count). The van der Waals surface area contributed by atoms with E-state index in [4.69, 9.17) is 0 Å². The Labute approximate surface area is 113 Å². The van der Waals surface area contributed by atoms with E-state index in [0.717, 1.165) is 23.7 Å². The minimum atomic E-state index is 0.921. The molecule has 1 aromatic heterocycles. The quantitative estimate of drug-likeness (QED) is 0.832. The molecule has 18 heavy (non-hydrogen) atoms. The summed E-state index contributed by atoms with van der Waals surface area (Å²) in [6, 6.07) is 14.9. The van der Waals surface area contributed by atoms with Crippen molar-refractivity contribution in [3.63, 3.8) is 0 Å². The van der Waals surface area contributed by atoms with E-state index < -0.39 is 0 Å². The highest BCUT2D eigenvalue weighted by molar-refractivity contribution is 7.98. The largest absolute Gasteiger partial charge is 0.316 e. The molecule has 0 saturated heterocycles. The van der Waals surface area contributed by atoms with Crippen molar-refractivity contribution in [3.8, 4) is 0 Å². The van der Waals surface area contributed by atoms with Crippen molar-refractivity contribution in [1.82, 2.24) is 10.3 Å². The first-order valence-electron chi connectivity index (χ1n) is 6.07. The molecule has 0 amide bonds. The minimum Gasteiger partial charge on any atom is -0.316 e. The number of nitrogens with one attached hydrogen (secondary N) is 1. The van der Waals surface area contributed by atoms with Crippen molar-refractivity contribution in [2.75, 3.05) is 7.05 Å². The van der Waals surface area contributed by atoms with Crippen LogP contribution in [0, 0.1) is 6.92 Å². The lowest BCUT2D eigenvalue weighted by atomic mass is 10.2. The Hall–Kier alpha value is -1.32. The third-order valence-electron chi connectivity index (χ3n) is 2.64. The van der Waals surface area contributed by atoms with Crippen LogP contribution >= 0.6 is 11.8 Å². The maximum Gasteiger partial charge on any atom is 0.0509 e. The van der Waals surface area contributed by atoms with Gasteiger partial charge in [-0.25, -0.2) is 0 Å². The summed E-state index contributed by atoms with van der Waals surface area (Å²) in [6.45, 7) is 2.95. The Balaban J connectivity index is 1.93. The third-order valence-corrected chi connectivity index (χ3v) is 3.68. The molecule has 0 aliphatic rings. The van der Waals surface area contributed by atoms with Crippen LogP contribution in [-0.4, -0.2) is 12.0 Å². The van der Waals surface area contributed by atoms with Crippen LogP contribution in [0.25, 0.3) is 0 Å². The molecule has 0 fully saturated rings. The summed E-state index contributed by atoms with van der Waals surface area (Å²) in [4.78, 5) is 5.79. The molecular weight excluding hydrogens is 240 g/mol. The molecule has 2 aromatic rings. The number of thioether (sulfide) groups is 1. The van der Waals surface area contributed by atoms with E-state index in [1.807, 2.05) is 31.8 Å². The fraction of sp³-hybridized carbons (Fsp3) is 0.267. The maximum absolute atomic E-state index is 4.50. The minimum absolute atomic E-state index is 0.921. The number of aryl methyl sites for hydroxylation is 1. The SMILES string of the molecule is CNCc1ccc(SCc2cccc(C)n2)cc1. The van der Waals surface area contributed by atoms with Gasteiger partial charge < -0.3 is 5.32 Å². The summed E-state index contributed by atoms with van der Waals surface area (Å²) in [6.07, 6.45) is 0. The number of benzene rings is 1. The Morgan fingerprint density at radius 3 is 2.56 bits per heavy atom. The van der Waals surface area contributed by atoms with Crippen LogP contribution in [0.5, 0.6) is 0 Å². The van der Waals surface area contributed by atoms with Gasteiger partial charge in [0.25, 0.3) is 0 Å². The zero-order valence-electron chi connectivity index (χ0n) is 10.8. The van der Waals surface area contributed by atoms with Gasteiger partial charge in [-0.15, -0.1) is 11.8 Å². The summed E-state index contributed by atoms with van der Waals surface area (Å²) in [7, 11) is 1.96. The van der Waals surface area contributed by atoms with Gasteiger partial charge in [-0.05, 0) is 43.8 Å². The van der Waals surface area contributed by atoms with Crippen LogP contribution in [0.15, 0.2) is 47.4 Å². The van der Waals surface area contributed by atoms with E-state index >= 15 is 0 Å².